The number of nitrogens with two attached hydrogens (primary N) is 1. The molecule has 0 bridgehead atoms. The molecule has 2 rings (SSSR count). The summed E-state index contributed by atoms with van der Waals surface area (Å²) in [6, 6.07) is 7.44. The second-order valence-electron chi connectivity index (χ2n) is 5.04. The molecule has 1 aromatic carbocycles. The van der Waals surface area contributed by atoms with E-state index in [4.69, 9.17) is 10.5 Å². The Kier molecular flexibility index (Phi) is 4.01. The molecule has 1 saturated heterocycles. The van der Waals surface area contributed by atoms with E-state index in [0.29, 0.717) is 13.0 Å². The minimum absolute atomic E-state index is 0.0910. The molecule has 0 amide bonds. The first-order chi connectivity index (χ1) is 8.99. The van der Waals surface area contributed by atoms with Crippen LogP contribution in [-0.4, -0.2) is 39.1 Å². The molecule has 5 nitrogen and oxygen atoms in total. The summed E-state index contributed by atoms with van der Waals surface area (Å²) < 4.78 is 28.8. The molecule has 1 fully saturated rings. The van der Waals surface area contributed by atoms with Crippen LogP contribution < -0.4 is 15.8 Å². The molecule has 0 aromatic heterocycles. The van der Waals surface area contributed by atoms with Crippen LogP contribution in [0.15, 0.2) is 24.3 Å². The standard InChI is InChI=1S/C13H20N2O3S/c1-18-12-5-2-4-11(8-12)15-13(9-14)6-3-7-19(16,17)10-13/h2,4-5,8,15H,3,6-7,9-10,14H2,1H3. The molecule has 1 aliphatic heterocycles. The zero-order valence-corrected chi connectivity index (χ0v) is 11.9. The van der Waals surface area contributed by atoms with Crippen molar-refractivity contribution < 1.29 is 13.2 Å². The maximum absolute atomic E-state index is 11.8. The van der Waals surface area contributed by atoms with Gasteiger partial charge < -0.3 is 15.8 Å². The van der Waals surface area contributed by atoms with Crippen LogP contribution in [0.1, 0.15) is 12.8 Å². The Hall–Kier alpha value is -1.27. The predicted molar refractivity (Wildman–Crippen MR) is 76.3 cm³/mol. The lowest BCUT2D eigenvalue weighted by Crippen LogP contribution is -2.53. The van der Waals surface area contributed by atoms with Crippen molar-refractivity contribution in [2.24, 2.45) is 5.73 Å². The van der Waals surface area contributed by atoms with E-state index in [1.54, 1.807) is 7.11 Å². The fourth-order valence-corrected chi connectivity index (χ4v) is 4.42. The molecule has 0 saturated carbocycles. The van der Waals surface area contributed by atoms with Gasteiger partial charge in [0.25, 0.3) is 0 Å². The summed E-state index contributed by atoms with van der Waals surface area (Å²) in [7, 11) is -1.41. The average molecular weight is 284 g/mol. The Balaban J connectivity index is 2.22. The van der Waals surface area contributed by atoms with E-state index >= 15 is 0 Å². The van der Waals surface area contributed by atoms with Crippen molar-refractivity contribution in [2.75, 3.05) is 30.5 Å². The molecule has 0 radical (unpaired) electrons. The van der Waals surface area contributed by atoms with Gasteiger partial charge in [0.05, 0.1) is 24.2 Å². The summed E-state index contributed by atoms with van der Waals surface area (Å²) in [5.74, 6) is 1.08. The molecule has 1 unspecified atom stereocenters. The van der Waals surface area contributed by atoms with Gasteiger partial charge in [-0.05, 0) is 25.0 Å². The topological polar surface area (TPSA) is 81.4 Å². The summed E-state index contributed by atoms with van der Waals surface area (Å²) in [6.45, 7) is 0.295. The number of methoxy groups -OCH3 is 1. The SMILES string of the molecule is COc1cccc(NC2(CN)CCCS(=O)(=O)C2)c1. The average Bonchev–Trinajstić information content (AvgIpc) is 2.38. The number of hydrogen-bond acceptors (Lipinski definition) is 5. The summed E-state index contributed by atoms with van der Waals surface area (Å²) in [4.78, 5) is 0. The van der Waals surface area contributed by atoms with Gasteiger partial charge in [0.2, 0.25) is 0 Å². The van der Waals surface area contributed by atoms with E-state index < -0.39 is 15.4 Å². The molecule has 1 aliphatic rings. The minimum atomic E-state index is -3.01. The first-order valence-electron chi connectivity index (χ1n) is 6.31. The van der Waals surface area contributed by atoms with Crippen LogP contribution in [0.4, 0.5) is 5.69 Å². The van der Waals surface area contributed by atoms with Crippen molar-refractivity contribution >= 4 is 15.5 Å². The lowest BCUT2D eigenvalue weighted by Gasteiger charge is -2.37. The largest absolute Gasteiger partial charge is 0.497 e. The van der Waals surface area contributed by atoms with Gasteiger partial charge in [-0.1, -0.05) is 6.07 Å². The van der Waals surface area contributed by atoms with Gasteiger partial charge in [-0.25, -0.2) is 8.42 Å². The van der Waals surface area contributed by atoms with Crippen LogP contribution in [0.2, 0.25) is 0 Å². The molecular weight excluding hydrogens is 264 g/mol. The summed E-state index contributed by atoms with van der Waals surface area (Å²) in [6.07, 6.45) is 1.41. The first kappa shape index (κ1) is 14.1. The molecule has 0 spiro atoms. The second kappa shape index (κ2) is 5.38. The number of sulfone groups is 1. The van der Waals surface area contributed by atoms with Crippen molar-refractivity contribution in [3.63, 3.8) is 0 Å². The molecule has 1 heterocycles. The zero-order valence-electron chi connectivity index (χ0n) is 11.1. The third kappa shape index (κ3) is 3.39. The maximum Gasteiger partial charge on any atom is 0.152 e. The molecule has 19 heavy (non-hydrogen) atoms. The van der Waals surface area contributed by atoms with Crippen LogP contribution >= 0.6 is 0 Å². The third-order valence-electron chi connectivity index (χ3n) is 3.48. The van der Waals surface area contributed by atoms with Crippen molar-refractivity contribution in [2.45, 2.75) is 18.4 Å². The van der Waals surface area contributed by atoms with Crippen molar-refractivity contribution in [1.82, 2.24) is 0 Å². The Morgan fingerprint density at radius 3 is 2.89 bits per heavy atom. The molecular formula is C13H20N2O3S. The Labute approximate surface area is 114 Å². The number of hydrogen-bond donors (Lipinski definition) is 2. The molecule has 106 valence electrons. The molecule has 0 aliphatic carbocycles. The Morgan fingerprint density at radius 1 is 1.47 bits per heavy atom. The van der Waals surface area contributed by atoms with Crippen molar-refractivity contribution in [3.8, 4) is 5.75 Å². The van der Waals surface area contributed by atoms with E-state index in [0.717, 1.165) is 17.9 Å². The van der Waals surface area contributed by atoms with Crippen LogP contribution in [0.5, 0.6) is 5.75 Å². The minimum Gasteiger partial charge on any atom is -0.497 e. The van der Waals surface area contributed by atoms with Gasteiger partial charge in [-0.2, -0.15) is 0 Å². The highest BCUT2D eigenvalue weighted by molar-refractivity contribution is 7.91. The predicted octanol–water partition coefficient (Wildman–Crippen LogP) is 1.01. The number of benzene rings is 1. The first-order valence-corrected chi connectivity index (χ1v) is 8.13. The van der Waals surface area contributed by atoms with Crippen LogP contribution in [-0.2, 0) is 9.84 Å². The fraction of sp³-hybridized carbons (Fsp3) is 0.538. The highest BCUT2D eigenvalue weighted by atomic mass is 32.2. The van der Waals surface area contributed by atoms with Crippen molar-refractivity contribution in [3.05, 3.63) is 24.3 Å². The van der Waals surface area contributed by atoms with E-state index in [1.807, 2.05) is 24.3 Å². The third-order valence-corrected chi connectivity index (χ3v) is 5.38. The normalized spacial score (nSPS) is 25.8. The second-order valence-corrected chi connectivity index (χ2v) is 7.22. The quantitative estimate of drug-likeness (QED) is 0.862. The van der Waals surface area contributed by atoms with Gasteiger partial charge in [0, 0.05) is 18.3 Å². The van der Waals surface area contributed by atoms with Gasteiger partial charge in [-0.3, -0.25) is 0 Å². The van der Waals surface area contributed by atoms with E-state index in [-0.39, 0.29) is 11.5 Å². The van der Waals surface area contributed by atoms with Gasteiger partial charge in [-0.15, -0.1) is 0 Å². The Morgan fingerprint density at radius 2 is 2.26 bits per heavy atom. The molecule has 6 heteroatoms. The van der Waals surface area contributed by atoms with Crippen LogP contribution in [0, 0.1) is 0 Å². The highest BCUT2D eigenvalue weighted by Gasteiger charge is 2.37. The fourth-order valence-electron chi connectivity index (χ4n) is 2.51. The van der Waals surface area contributed by atoms with E-state index in [1.165, 1.54) is 0 Å². The lowest BCUT2D eigenvalue weighted by atomic mass is 9.95. The summed E-state index contributed by atoms with van der Waals surface area (Å²) in [5.41, 5.74) is 6.09. The summed E-state index contributed by atoms with van der Waals surface area (Å²) in [5, 5.41) is 3.29. The summed E-state index contributed by atoms with van der Waals surface area (Å²) >= 11 is 0. The number of ether oxygens (including phenoxy) is 1. The van der Waals surface area contributed by atoms with Crippen LogP contribution in [0.25, 0.3) is 0 Å². The number of anilines is 1. The Bertz CT molecular complexity index is 545. The van der Waals surface area contributed by atoms with Crippen molar-refractivity contribution in [1.29, 1.82) is 0 Å². The van der Waals surface area contributed by atoms with E-state index in [9.17, 15) is 8.42 Å². The van der Waals surface area contributed by atoms with E-state index in [2.05, 4.69) is 5.32 Å². The number of rotatable bonds is 4. The maximum atomic E-state index is 11.8. The molecule has 3 N–H and O–H groups in total. The molecule has 1 atom stereocenters. The van der Waals surface area contributed by atoms with Crippen LogP contribution in [0.3, 0.4) is 0 Å². The van der Waals surface area contributed by atoms with Gasteiger partial charge in [0.1, 0.15) is 5.75 Å². The van der Waals surface area contributed by atoms with Gasteiger partial charge in [0.15, 0.2) is 9.84 Å². The lowest BCUT2D eigenvalue weighted by molar-refractivity contribution is 0.414. The molecule has 1 aromatic rings. The van der Waals surface area contributed by atoms with Gasteiger partial charge >= 0.3 is 0 Å². The smallest absolute Gasteiger partial charge is 0.152 e. The number of nitrogens with one attached hydrogen (secondary N) is 1. The highest BCUT2D eigenvalue weighted by Crippen LogP contribution is 2.28. The zero-order chi connectivity index (χ0) is 13.9. The monoisotopic (exact) mass is 284 g/mol.